The average molecular weight is 305 g/mol. The number of benzene rings is 1. The summed E-state index contributed by atoms with van der Waals surface area (Å²) in [7, 11) is -3.61. The Kier molecular flexibility index (Phi) is 3.97. The van der Waals surface area contributed by atoms with Crippen LogP contribution in [0.25, 0.3) is 0 Å². The zero-order valence-electron chi connectivity index (χ0n) is 9.15. The average Bonchev–Trinajstić information content (AvgIpc) is 2.78. The van der Waals surface area contributed by atoms with Crippen molar-refractivity contribution in [2.45, 2.75) is 11.4 Å². The summed E-state index contributed by atoms with van der Waals surface area (Å²) in [6.45, 7) is 0.204. The van der Waals surface area contributed by atoms with Gasteiger partial charge < -0.3 is 4.98 Å². The van der Waals surface area contributed by atoms with Crippen molar-refractivity contribution < 1.29 is 8.42 Å². The quantitative estimate of drug-likeness (QED) is 0.912. The minimum atomic E-state index is -3.61. The molecule has 0 aliphatic carbocycles. The second kappa shape index (κ2) is 5.32. The minimum absolute atomic E-state index is 0.0514. The van der Waals surface area contributed by atoms with Gasteiger partial charge in [-0.1, -0.05) is 23.2 Å². The van der Waals surface area contributed by atoms with Crippen LogP contribution in [-0.2, 0) is 16.6 Å². The Hall–Kier alpha value is -1.01. The minimum Gasteiger partial charge on any atom is -0.367 e. The highest BCUT2D eigenvalue weighted by Gasteiger charge is 2.15. The highest BCUT2D eigenvalue weighted by atomic mass is 35.5. The number of nitrogens with one attached hydrogen (secondary N) is 2. The number of hydrogen-bond donors (Lipinski definition) is 2. The second-order valence-corrected chi connectivity index (χ2v) is 6.29. The summed E-state index contributed by atoms with van der Waals surface area (Å²) >= 11 is 11.5. The molecule has 0 bridgehead atoms. The van der Waals surface area contributed by atoms with E-state index in [1.165, 1.54) is 18.2 Å². The van der Waals surface area contributed by atoms with Crippen LogP contribution >= 0.6 is 23.2 Å². The number of aromatic nitrogens is 1. The molecule has 0 spiro atoms. The van der Waals surface area contributed by atoms with Crippen LogP contribution in [0.2, 0.25) is 10.0 Å². The molecule has 96 valence electrons. The van der Waals surface area contributed by atoms with Crippen molar-refractivity contribution in [2.24, 2.45) is 0 Å². The maximum atomic E-state index is 12.0. The van der Waals surface area contributed by atoms with E-state index in [1.54, 1.807) is 18.5 Å². The van der Waals surface area contributed by atoms with Crippen LogP contribution in [0.15, 0.2) is 41.6 Å². The van der Waals surface area contributed by atoms with E-state index in [9.17, 15) is 8.42 Å². The molecule has 7 heteroatoms. The predicted molar refractivity (Wildman–Crippen MR) is 71.3 cm³/mol. The largest absolute Gasteiger partial charge is 0.367 e. The van der Waals surface area contributed by atoms with Crippen LogP contribution in [0.5, 0.6) is 0 Å². The van der Waals surface area contributed by atoms with Crippen molar-refractivity contribution >= 4 is 33.2 Å². The Bertz CT molecular complexity index is 619. The van der Waals surface area contributed by atoms with Crippen LogP contribution in [0.3, 0.4) is 0 Å². The summed E-state index contributed by atoms with van der Waals surface area (Å²) in [5.74, 6) is 0. The molecule has 2 rings (SSSR count). The number of sulfonamides is 1. The Balaban J connectivity index is 2.20. The molecule has 0 radical (unpaired) electrons. The first-order valence-corrected chi connectivity index (χ1v) is 7.29. The summed E-state index contributed by atoms with van der Waals surface area (Å²) < 4.78 is 26.5. The molecule has 1 aromatic heterocycles. The molecule has 0 atom stereocenters. The van der Waals surface area contributed by atoms with E-state index >= 15 is 0 Å². The molecular weight excluding hydrogens is 295 g/mol. The molecule has 1 aromatic carbocycles. The zero-order valence-corrected chi connectivity index (χ0v) is 11.5. The Morgan fingerprint density at radius 3 is 2.39 bits per heavy atom. The van der Waals surface area contributed by atoms with E-state index in [-0.39, 0.29) is 21.5 Å². The molecule has 0 unspecified atom stereocenters. The van der Waals surface area contributed by atoms with Crippen molar-refractivity contribution in [1.29, 1.82) is 0 Å². The van der Waals surface area contributed by atoms with Crippen LogP contribution in [0.1, 0.15) is 5.56 Å². The standard InChI is InChI=1S/C11H10Cl2N2O2S/c12-9-3-10(13)5-11(4-9)18(16,17)15-7-8-1-2-14-6-8/h1-6,14-15H,7H2. The summed E-state index contributed by atoms with van der Waals surface area (Å²) in [6, 6.07) is 5.97. The van der Waals surface area contributed by atoms with Crippen molar-refractivity contribution in [3.8, 4) is 0 Å². The highest BCUT2D eigenvalue weighted by Crippen LogP contribution is 2.22. The molecule has 2 N–H and O–H groups in total. The summed E-state index contributed by atoms with van der Waals surface area (Å²) in [6.07, 6.45) is 3.44. The van der Waals surface area contributed by atoms with Crippen molar-refractivity contribution in [3.05, 3.63) is 52.3 Å². The summed E-state index contributed by atoms with van der Waals surface area (Å²) in [4.78, 5) is 2.90. The van der Waals surface area contributed by atoms with Crippen LogP contribution in [0.4, 0.5) is 0 Å². The maximum Gasteiger partial charge on any atom is 0.240 e. The molecule has 0 saturated heterocycles. The van der Waals surface area contributed by atoms with Gasteiger partial charge in [-0.05, 0) is 29.8 Å². The SMILES string of the molecule is O=S(=O)(NCc1cc[nH]c1)c1cc(Cl)cc(Cl)c1. The smallest absolute Gasteiger partial charge is 0.240 e. The van der Waals surface area contributed by atoms with Crippen molar-refractivity contribution in [2.75, 3.05) is 0 Å². The third-order valence-electron chi connectivity index (χ3n) is 2.28. The normalized spacial score (nSPS) is 11.7. The first kappa shape index (κ1) is 13.4. The summed E-state index contributed by atoms with van der Waals surface area (Å²) in [5.41, 5.74) is 0.840. The van der Waals surface area contributed by atoms with Gasteiger partial charge in [0.05, 0.1) is 4.90 Å². The third-order valence-corrected chi connectivity index (χ3v) is 4.09. The molecule has 0 aliphatic heterocycles. The fourth-order valence-corrected chi connectivity index (χ4v) is 3.16. The molecule has 0 amide bonds. The number of H-pyrrole nitrogens is 1. The first-order chi connectivity index (χ1) is 8.47. The molecule has 18 heavy (non-hydrogen) atoms. The van der Waals surface area contributed by atoms with Gasteiger partial charge in [0.15, 0.2) is 0 Å². The van der Waals surface area contributed by atoms with Gasteiger partial charge in [0.1, 0.15) is 0 Å². The van der Waals surface area contributed by atoms with Gasteiger partial charge >= 0.3 is 0 Å². The molecule has 2 aromatic rings. The number of aromatic amines is 1. The molecule has 1 heterocycles. The molecular formula is C11H10Cl2N2O2S. The number of rotatable bonds is 4. The van der Waals surface area contributed by atoms with Crippen molar-refractivity contribution in [1.82, 2.24) is 9.71 Å². The fraction of sp³-hybridized carbons (Fsp3) is 0.0909. The second-order valence-electron chi connectivity index (χ2n) is 3.65. The lowest BCUT2D eigenvalue weighted by molar-refractivity contribution is 0.581. The molecule has 0 saturated carbocycles. The Morgan fingerprint density at radius 2 is 1.83 bits per heavy atom. The molecule has 0 aliphatic rings. The van der Waals surface area contributed by atoms with E-state index < -0.39 is 10.0 Å². The number of halogens is 2. The Labute approximate surface area is 115 Å². The van der Waals surface area contributed by atoms with E-state index in [1.807, 2.05) is 0 Å². The topological polar surface area (TPSA) is 62.0 Å². The van der Waals surface area contributed by atoms with Crippen molar-refractivity contribution in [3.63, 3.8) is 0 Å². The molecule has 0 fully saturated rings. The predicted octanol–water partition coefficient (Wildman–Crippen LogP) is 2.80. The van der Waals surface area contributed by atoms with Gasteiger partial charge in [-0.2, -0.15) is 0 Å². The Morgan fingerprint density at radius 1 is 1.17 bits per heavy atom. The lowest BCUT2D eigenvalue weighted by Gasteiger charge is -2.06. The van der Waals surface area contributed by atoms with Crippen LogP contribution in [-0.4, -0.2) is 13.4 Å². The lowest BCUT2D eigenvalue weighted by Crippen LogP contribution is -2.23. The van der Waals surface area contributed by atoms with E-state index in [4.69, 9.17) is 23.2 Å². The highest BCUT2D eigenvalue weighted by molar-refractivity contribution is 7.89. The van der Waals surface area contributed by atoms with E-state index in [2.05, 4.69) is 9.71 Å². The third kappa shape index (κ3) is 3.26. The fourth-order valence-electron chi connectivity index (χ4n) is 1.41. The lowest BCUT2D eigenvalue weighted by atomic mass is 10.4. The number of hydrogen-bond acceptors (Lipinski definition) is 2. The monoisotopic (exact) mass is 304 g/mol. The van der Waals surface area contributed by atoms with Crippen LogP contribution < -0.4 is 4.72 Å². The summed E-state index contributed by atoms with van der Waals surface area (Å²) in [5, 5.41) is 0.564. The van der Waals surface area contributed by atoms with Crippen LogP contribution in [0, 0.1) is 0 Å². The van der Waals surface area contributed by atoms with Gasteiger partial charge in [0.2, 0.25) is 10.0 Å². The van der Waals surface area contributed by atoms with Gasteiger partial charge in [0, 0.05) is 29.0 Å². The van der Waals surface area contributed by atoms with Gasteiger partial charge in [0.25, 0.3) is 0 Å². The van der Waals surface area contributed by atoms with E-state index in [0.717, 1.165) is 5.56 Å². The zero-order chi connectivity index (χ0) is 13.2. The van der Waals surface area contributed by atoms with E-state index in [0.29, 0.717) is 0 Å². The maximum absolute atomic E-state index is 12.0. The van der Waals surface area contributed by atoms with Gasteiger partial charge in [-0.3, -0.25) is 0 Å². The van der Waals surface area contributed by atoms with Gasteiger partial charge in [-0.15, -0.1) is 0 Å². The van der Waals surface area contributed by atoms with Gasteiger partial charge in [-0.25, -0.2) is 13.1 Å². The first-order valence-electron chi connectivity index (χ1n) is 5.05. The molecule has 4 nitrogen and oxygen atoms in total.